The SMILES string of the molecule is O=CC1(Cc2cnns2)CC2CCC1C2. The van der Waals surface area contributed by atoms with Crippen LogP contribution in [-0.2, 0) is 11.2 Å². The first-order valence-electron chi connectivity index (χ1n) is 5.55. The first-order chi connectivity index (χ1) is 7.32. The molecule has 2 saturated carbocycles. The highest BCUT2D eigenvalue weighted by Gasteiger charge is 2.50. The first kappa shape index (κ1) is 9.46. The summed E-state index contributed by atoms with van der Waals surface area (Å²) < 4.78 is 3.87. The lowest BCUT2D eigenvalue weighted by Gasteiger charge is -2.31. The average molecular weight is 222 g/mol. The van der Waals surface area contributed by atoms with Gasteiger partial charge in [0.15, 0.2) is 0 Å². The molecule has 2 aliphatic carbocycles. The molecule has 0 spiro atoms. The molecule has 0 N–H and O–H groups in total. The van der Waals surface area contributed by atoms with Crippen LogP contribution in [0.25, 0.3) is 0 Å². The number of carbonyl (C=O) groups is 1. The largest absolute Gasteiger partial charge is 0.303 e. The Kier molecular flexibility index (Phi) is 2.12. The number of aldehydes is 1. The first-order valence-corrected chi connectivity index (χ1v) is 6.32. The Morgan fingerprint density at radius 3 is 3.07 bits per heavy atom. The summed E-state index contributed by atoms with van der Waals surface area (Å²) in [5, 5.41) is 3.84. The predicted octanol–water partition coefficient (Wildman–Crippen LogP) is 2.09. The standard InChI is InChI=1S/C11H14N2OS/c14-7-11(5-10-6-12-13-15-10)4-8-1-2-9(11)3-8/h6-9H,1-5H2. The summed E-state index contributed by atoms with van der Waals surface area (Å²) in [5.74, 6) is 1.43. The smallest absolute Gasteiger partial charge is 0.126 e. The van der Waals surface area contributed by atoms with Gasteiger partial charge in [0.05, 0.1) is 6.20 Å². The molecule has 15 heavy (non-hydrogen) atoms. The van der Waals surface area contributed by atoms with Gasteiger partial charge >= 0.3 is 0 Å². The third-order valence-corrected chi connectivity index (χ3v) is 4.83. The molecule has 0 radical (unpaired) electrons. The second-order valence-electron chi connectivity index (χ2n) is 4.99. The van der Waals surface area contributed by atoms with Crippen molar-refractivity contribution in [1.82, 2.24) is 9.59 Å². The fraction of sp³-hybridized carbons (Fsp3) is 0.727. The van der Waals surface area contributed by atoms with Crippen LogP contribution in [0.1, 0.15) is 30.6 Å². The van der Waals surface area contributed by atoms with Gasteiger partial charge in [-0.3, -0.25) is 0 Å². The van der Waals surface area contributed by atoms with Gasteiger partial charge in [-0.05, 0) is 49.1 Å². The highest BCUT2D eigenvalue weighted by atomic mass is 32.1. The Hall–Kier alpha value is -0.770. The number of fused-ring (bicyclic) bond motifs is 2. The van der Waals surface area contributed by atoms with Crippen LogP contribution >= 0.6 is 11.5 Å². The lowest BCUT2D eigenvalue weighted by molar-refractivity contribution is -0.118. The predicted molar refractivity (Wildman–Crippen MR) is 57.6 cm³/mol. The monoisotopic (exact) mass is 222 g/mol. The van der Waals surface area contributed by atoms with Crippen LogP contribution < -0.4 is 0 Å². The third kappa shape index (κ3) is 1.42. The molecule has 2 bridgehead atoms. The summed E-state index contributed by atoms with van der Waals surface area (Å²) in [7, 11) is 0. The van der Waals surface area contributed by atoms with E-state index in [2.05, 4.69) is 9.59 Å². The van der Waals surface area contributed by atoms with Gasteiger partial charge in [-0.2, -0.15) is 0 Å². The van der Waals surface area contributed by atoms with E-state index >= 15 is 0 Å². The van der Waals surface area contributed by atoms with Crippen molar-refractivity contribution in [2.75, 3.05) is 0 Å². The molecular formula is C11H14N2OS. The van der Waals surface area contributed by atoms with E-state index in [1.165, 1.54) is 37.1 Å². The van der Waals surface area contributed by atoms with Crippen LogP contribution in [0.3, 0.4) is 0 Å². The molecule has 3 rings (SSSR count). The molecule has 1 heterocycles. The lowest BCUT2D eigenvalue weighted by Crippen LogP contribution is -2.31. The number of hydrogen-bond acceptors (Lipinski definition) is 4. The molecule has 1 aromatic rings. The molecule has 0 amide bonds. The van der Waals surface area contributed by atoms with Gasteiger partial charge in [-0.25, -0.2) is 0 Å². The van der Waals surface area contributed by atoms with Crippen molar-refractivity contribution >= 4 is 17.8 Å². The number of aromatic nitrogens is 2. The number of carbonyl (C=O) groups excluding carboxylic acids is 1. The number of nitrogens with zero attached hydrogens (tertiary/aromatic N) is 2. The van der Waals surface area contributed by atoms with Crippen molar-refractivity contribution in [2.45, 2.75) is 32.1 Å². The zero-order valence-electron chi connectivity index (χ0n) is 8.56. The fourth-order valence-electron chi connectivity index (χ4n) is 3.48. The highest BCUT2D eigenvalue weighted by Crippen LogP contribution is 2.56. The van der Waals surface area contributed by atoms with Crippen LogP contribution in [0.2, 0.25) is 0 Å². The van der Waals surface area contributed by atoms with E-state index in [1.807, 2.05) is 6.20 Å². The minimum absolute atomic E-state index is 0.0723. The van der Waals surface area contributed by atoms with Gasteiger partial charge in [-0.15, -0.1) is 5.10 Å². The van der Waals surface area contributed by atoms with Crippen molar-refractivity contribution in [2.24, 2.45) is 17.3 Å². The van der Waals surface area contributed by atoms with Gasteiger partial charge in [-0.1, -0.05) is 10.9 Å². The van der Waals surface area contributed by atoms with E-state index in [0.29, 0.717) is 5.92 Å². The van der Waals surface area contributed by atoms with Crippen molar-refractivity contribution in [3.8, 4) is 0 Å². The van der Waals surface area contributed by atoms with Crippen LogP contribution in [-0.4, -0.2) is 15.9 Å². The molecule has 4 heteroatoms. The van der Waals surface area contributed by atoms with E-state index in [1.54, 1.807) is 0 Å². The van der Waals surface area contributed by atoms with Crippen LogP contribution in [0.15, 0.2) is 6.20 Å². The summed E-state index contributed by atoms with van der Waals surface area (Å²) in [4.78, 5) is 12.6. The minimum Gasteiger partial charge on any atom is -0.303 e. The maximum atomic E-state index is 11.4. The summed E-state index contributed by atoms with van der Waals surface area (Å²) >= 11 is 1.43. The fourth-order valence-corrected chi connectivity index (χ4v) is 4.11. The third-order valence-electron chi connectivity index (χ3n) is 4.17. The Labute approximate surface area is 93.1 Å². The maximum Gasteiger partial charge on any atom is 0.126 e. The maximum absolute atomic E-state index is 11.4. The molecule has 1 aromatic heterocycles. The highest BCUT2D eigenvalue weighted by molar-refractivity contribution is 7.05. The van der Waals surface area contributed by atoms with E-state index in [-0.39, 0.29) is 5.41 Å². The molecule has 0 aromatic carbocycles. The quantitative estimate of drug-likeness (QED) is 0.735. The van der Waals surface area contributed by atoms with Crippen LogP contribution in [0.5, 0.6) is 0 Å². The van der Waals surface area contributed by atoms with Crippen LogP contribution in [0.4, 0.5) is 0 Å². The molecule has 3 nitrogen and oxygen atoms in total. The van der Waals surface area contributed by atoms with Crippen molar-refractivity contribution in [3.63, 3.8) is 0 Å². The summed E-state index contributed by atoms with van der Waals surface area (Å²) in [5.41, 5.74) is -0.0723. The van der Waals surface area contributed by atoms with Gasteiger partial charge in [0.1, 0.15) is 6.29 Å². The Morgan fingerprint density at radius 2 is 2.53 bits per heavy atom. The molecular weight excluding hydrogens is 208 g/mol. The van der Waals surface area contributed by atoms with Gasteiger partial charge in [0, 0.05) is 10.3 Å². The zero-order chi connectivity index (χ0) is 10.3. The number of hydrogen-bond donors (Lipinski definition) is 0. The average Bonchev–Trinajstić information content (AvgIpc) is 2.93. The zero-order valence-corrected chi connectivity index (χ0v) is 9.37. The minimum atomic E-state index is -0.0723. The topological polar surface area (TPSA) is 42.9 Å². The summed E-state index contributed by atoms with van der Waals surface area (Å²) in [6.45, 7) is 0. The Morgan fingerprint density at radius 1 is 1.60 bits per heavy atom. The summed E-state index contributed by atoms with van der Waals surface area (Å²) in [6, 6.07) is 0. The van der Waals surface area contributed by atoms with E-state index in [0.717, 1.165) is 23.6 Å². The number of rotatable bonds is 3. The lowest BCUT2D eigenvalue weighted by atomic mass is 9.72. The normalized spacial score (nSPS) is 38.4. The molecule has 80 valence electrons. The Bertz CT molecular complexity index is 365. The second kappa shape index (κ2) is 3.37. The van der Waals surface area contributed by atoms with Crippen LogP contribution in [0, 0.1) is 17.3 Å². The molecule has 0 aliphatic heterocycles. The second-order valence-corrected chi connectivity index (χ2v) is 5.86. The van der Waals surface area contributed by atoms with Gasteiger partial charge < -0.3 is 4.79 Å². The van der Waals surface area contributed by atoms with E-state index in [9.17, 15) is 4.79 Å². The molecule has 2 aliphatic rings. The molecule has 3 atom stereocenters. The Balaban J connectivity index is 1.85. The van der Waals surface area contributed by atoms with Crippen molar-refractivity contribution in [3.05, 3.63) is 11.1 Å². The van der Waals surface area contributed by atoms with E-state index < -0.39 is 0 Å². The molecule has 3 unspecified atom stereocenters. The molecule has 0 saturated heterocycles. The van der Waals surface area contributed by atoms with Gasteiger partial charge in [0.2, 0.25) is 0 Å². The van der Waals surface area contributed by atoms with E-state index in [4.69, 9.17) is 0 Å². The van der Waals surface area contributed by atoms with Crippen molar-refractivity contribution < 1.29 is 4.79 Å². The molecule has 2 fully saturated rings. The van der Waals surface area contributed by atoms with Gasteiger partial charge in [0.25, 0.3) is 0 Å². The summed E-state index contributed by atoms with van der Waals surface area (Å²) in [6.07, 6.45) is 8.84. The van der Waals surface area contributed by atoms with Crippen molar-refractivity contribution in [1.29, 1.82) is 0 Å².